The normalized spacial score (nSPS) is 34.5. The monoisotopic (exact) mass is 282 g/mol. The summed E-state index contributed by atoms with van der Waals surface area (Å²) in [6.07, 6.45) is 6.84. The van der Waals surface area contributed by atoms with Gasteiger partial charge in [-0.15, -0.1) is 0 Å². The highest BCUT2D eigenvalue weighted by Crippen LogP contribution is 2.54. The van der Waals surface area contributed by atoms with E-state index in [2.05, 4.69) is 25.1 Å². The lowest BCUT2D eigenvalue weighted by molar-refractivity contribution is -0.117. The molecule has 0 amide bonds. The highest BCUT2D eigenvalue weighted by Gasteiger charge is 2.51. The van der Waals surface area contributed by atoms with Gasteiger partial charge in [0, 0.05) is 11.8 Å². The zero-order chi connectivity index (χ0) is 15.1. The summed E-state index contributed by atoms with van der Waals surface area (Å²) in [5.41, 5.74) is 2.10. The molecule has 0 radical (unpaired) electrons. The number of fused-ring (bicyclic) bond motifs is 1. The molecule has 0 heterocycles. The molecule has 1 aromatic carbocycles. The van der Waals surface area contributed by atoms with E-state index in [0.717, 1.165) is 36.0 Å². The molecule has 2 nitrogen and oxygen atoms in total. The average molecular weight is 282 g/mol. The van der Waals surface area contributed by atoms with Gasteiger partial charge in [0.2, 0.25) is 0 Å². The minimum absolute atomic E-state index is 0.203. The number of ketones is 1. The Morgan fingerprint density at radius 1 is 1.10 bits per heavy atom. The average Bonchev–Trinajstić information content (AvgIpc) is 2.46. The van der Waals surface area contributed by atoms with Gasteiger partial charge in [0.15, 0.2) is 5.78 Å². The number of aliphatic hydroxyl groups is 1. The lowest BCUT2D eigenvalue weighted by Gasteiger charge is -2.51. The molecule has 0 aromatic heterocycles. The summed E-state index contributed by atoms with van der Waals surface area (Å²) in [6, 6.07) is 10.1. The molecular formula is C19H22O2. The van der Waals surface area contributed by atoms with Crippen LogP contribution in [0.2, 0.25) is 0 Å². The third-order valence-corrected chi connectivity index (χ3v) is 5.42. The van der Waals surface area contributed by atoms with Crippen molar-refractivity contribution in [3.8, 4) is 0 Å². The Bertz CT molecular complexity index is 622. The van der Waals surface area contributed by atoms with Gasteiger partial charge in [-0.1, -0.05) is 48.9 Å². The summed E-state index contributed by atoms with van der Waals surface area (Å²) < 4.78 is 0. The third-order valence-electron chi connectivity index (χ3n) is 5.42. The van der Waals surface area contributed by atoms with Crippen LogP contribution < -0.4 is 0 Å². The number of carbonyl (C=O) groups excluding carboxylic acids is 1. The summed E-state index contributed by atoms with van der Waals surface area (Å²) in [5.74, 6) is 0.203. The van der Waals surface area contributed by atoms with Crippen LogP contribution in [0.15, 0.2) is 47.6 Å². The van der Waals surface area contributed by atoms with Crippen LogP contribution in [0.25, 0.3) is 6.08 Å². The Balaban J connectivity index is 2.02. The highest BCUT2D eigenvalue weighted by atomic mass is 16.3. The third kappa shape index (κ3) is 2.28. The largest absolute Gasteiger partial charge is 0.385 e. The quantitative estimate of drug-likeness (QED) is 0.848. The molecule has 0 aliphatic heterocycles. The number of carbonyl (C=O) groups is 1. The first-order chi connectivity index (χ1) is 9.93. The van der Waals surface area contributed by atoms with Gasteiger partial charge in [-0.3, -0.25) is 4.79 Å². The minimum Gasteiger partial charge on any atom is -0.385 e. The first-order valence-electron chi connectivity index (χ1n) is 7.66. The van der Waals surface area contributed by atoms with Crippen molar-refractivity contribution in [1.82, 2.24) is 0 Å². The van der Waals surface area contributed by atoms with Gasteiger partial charge in [-0.05, 0) is 43.4 Å². The number of allylic oxidation sites excluding steroid dienone is 1. The molecule has 2 aliphatic rings. The van der Waals surface area contributed by atoms with E-state index in [-0.39, 0.29) is 11.2 Å². The van der Waals surface area contributed by atoms with Crippen LogP contribution in [0.4, 0.5) is 0 Å². The zero-order valence-electron chi connectivity index (χ0n) is 12.7. The van der Waals surface area contributed by atoms with E-state index in [0.29, 0.717) is 6.42 Å². The van der Waals surface area contributed by atoms with Crippen molar-refractivity contribution in [2.75, 3.05) is 0 Å². The van der Waals surface area contributed by atoms with Crippen LogP contribution in [0.3, 0.4) is 0 Å². The van der Waals surface area contributed by atoms with Gasteiger partial charge < -0.3 is 5.11 Å². The van der Waals surface area contributed by atoms with Gasteiger partial charge in [0.1, 0.15) is 0 Å². The van der Waals surface area contributed by atoms with E-state index in [1.165, 1.54) is 0 Å². The summed E-state index contributed by atoms with van der Waals surface area (Å²) >= 11 is 0. The maximum absolute atomic E-state index is 11.7. The smallest absolute Gasteiger partial charge is 0.155 e. The summed E-state index contributed by atoms with van der Waals surface area (Å²) in [7, 11) is 0. The van der Waals surface area contributed by atoms with Gasteiger partial charge in [-0.25, -0.2) is 0 Å². The van der Waals surface area contributed by atoms with Gasteiger partial charge >= 0.3 is 0 Å². The molecule has 0 bridgehead atoms. The van der Waals surface area contributed by atoms with Crippen LogP contribution in [0.1, 0.15) is 45.1 Å². The van der Waals surface area contributed by atoms with Crippen molar-refractivity contribution >= 4 is 11.9 Å². The lowest BCUT2D eigenvalue weighted by Crippen LogP contribution is -2.51. The van der Waals surface area contributed by atoms with E-state index >= 15 is 0 Å². The molecule has 1 fully saturated rings. The number of benzene rings is 1. The zero-order valence-corrected chi connectivity index (χ0v) is 12.7. The maximum atomic E-state index is 11.7. The standard InChI is InChI=1S/C19H22O2/c1-18-11-10-17(20)13-15(18)8-9-16(19(18,2)21)12-14-6-4-3-5-7-14/h3-7,12-13,21H,8-11H2,1-2H3/b16-12-. The Morgan fingerprint density at radius 3 is 2.52 bits per heavy atom. The Kier molecular flexibility index (Phi) is 3.37. The maximum Gasteiger partial charge on any atom is 0.155 e. The van der Waals surface area contributed by atoms with Crippen molar-refractivity contribution in [3.05, 3.63) is 53.1 Å². The van der Waals surface area contributed by atoms with Gasteiger partial charge in [-0.2, -0.15) is 0 Å². The van der Waals surface area contributed by atoms with Crippen LogP contribution >= 0.6 is 0 Å². The topological polar surface area (TPSA) is 37.3 Å². The molecule has 2 aliphatic carbocycles. The van der Waals surface area contributed by atoms with Crippen molar-refractivity contribution in [3.63, 3.8) is 0 Å². The Hall–Kier alpha value is -1.67. The molecular weight excluding hydrogens is 260 g/mol. The van der Waals surface area contributed by atoms with Gasteiger partial charge in [0.05, 0.1) is 5.60 Å². The SMILES string of the molecule is CC12CCC(=O)C=C1CC/C(=C/c1ccccc1)C2(C)O. The fourth-order valence-corrected chi connectivity index (χ4v) is 3.69. The first kappa shape index (κ1) is 14.3. The fraction of sp³-hybridized carbons (Fsp3) is 0.421. The molecule has 110 valence electrons. The van der Waals surface area contributed by atoms with Crippen molar-refractivity contribution in [1.29, 1.82) is 0 Å². The van der Waals surface area contributed by atoms with E-state index in [4.69, 9.17) is 0 Å². The van der Waals surface area contributed by atoms with Crippen molar-refractivity contribution in [2.24, 2.45) is 5.41 Å². The van der Waals surface area contributed by atoms with Crippen molar-refractivity contribution in [2.45, 2.75) is 45.1 Å². The summed E-state index contributed by atoms with van der Waals surface area (Å²) in [4.78, 5) is 11.7. The molecule has 2 atom stereocenters. The number of rotatable bonds is 1. The van der Waals surface area contributed by atoms with E-state index in [1.807, 2.05) is 25.1 Å². The van der Waals surface area contributed by atoms with Crippen LogP contribution in [0, 0.1) is 5.41 Å². The van der Waals surface area contributed by atoms with Crippen LogP contribution in [-0.4, -0.2) is 16.5 Å². The van der Waals surface area contributed by atoms with Gasteiger partial charge in [0.25, 0.3) is 0 Å². The molecule has 3 rings (SSSR count). The van der Waals surface area contributed by atoms with Crippen LogP contribution in [-0.2, 0) is 4.79 Å². The molecule has 1 saturated carbocycles. The second-order valence-electron chi connectivity index (χ2n) is 6.62. The Morgan fingerprint density at radius 2 is 1.81 bits per heavy atom. The summed E-state index contributed by atoms with van der Waals surface area (Å²) in [5, 5.41) is 11.2. The van der Waals surface area contributed by atoms with Crippen LogP contribution in [0.5, 0.6) is 0 Å². The van der Waals surface area contributed by atoms with E-state index in [9.17, 15) is 9.90 Å². The highest BCUT2D eigenvalue weighted by molar-refractivity contribution is 5.92. The second-order valence-corrected chi connectivity index (χ2v) is 6.62. The number of hydrogen-bond acceptors (Lipinski definition) is 2. The minimum atomic E-state index is -0.895. The predicted octanol–water partition coefficient (Wildman–Crippen LogP) is 3.91. The number of hydrogen-bond donors (Lipinski definition) is 1. The fourth-order valence-electron chi connectivity index (χ4n) is 3.69. The lowest BCUT2D eigenvalue weighted by atomic mass is 9.56. The molecule has 21 heavy (non-hydrogen) atoms. The molecule has 1 aromatic rings. The second kappa shape index (κ2) is 4.96. The molecule has 2 unspecified atom stereocenters. The molecule has 2 heteroatoms. The van der Waals surface area contributed by atoms with E-state index in [1.54, 1.807) is 6.08 Å². The van der Waals surface area contributed by atoms with E-state index < -0.39 is 5.60 Å². The molecule has 1 N–H and O–H groups in total. The predicted molar refractivity (Wildman–Crippen MR) is 84.7 cm³/mol. The molecule has 0 spiro atoms. The summed E-state index contributed by atoms with van der Waals surface area (Å²) in [6.45, 7) is 4.01. The Labute approximate surface area is 126 Å². The first-order valence-corrected chi connectivity index (χ1v) is 7.66. The van der Waals surface area contributed by atoms with Crippen molar-refractivity contribution < 1.29 is 9.90 Å². The molecule has 0 saturated heterocycles.